The minimum Gasteiger partial charge on any atom is -0.319 e. The van der Waals surface area contributed by atoms with Gasteiger partial charge in [0.1, 0.15) is 11.6 Å². The van der Waals surface area contributed by atoms with E-state index in [0.717, 1.165) is 18.2 Å². The lowest BCUT2D eigenvalue weighted by Crippen LogP contribution is -2.18. The highest BCUT2D eigenvalue weighted by Gasteiger charge is 2.35. The summed E-state index contributed by atoms with van der Waals surface area (Å²) >= 11 is 0. The highest BCUT2D eigenvalue weighted by atomic mass is 19.4. The molecule has 0 radical (unpaired) electrons. The van der Waals surface area contributed by atoms with Crippen molar-refractivity contribution in [1.29, 1.82) is 0 Å². The first kappa shape index (κ1) is 15.0. The number of rotatable bonds is 2. The van der Waals surface area contributed by atoms with E-state index >= 15 is 0 Å². The summed E-state index contributed by atoms with van der Waals surface area (Å²) < 4.78 is 64.7. The Morgan fingerprint density at radius 2 is 1.62 bits per heavy atom. The fourth-order valence-corrected chi connectivity index (χ4v) is 1.68. The maximum Gasteiger partial charge on any atom is 0.419 e. The average molecular weight is 301 g/mol. The van der Waals surface area contributed by atoms with Gasteiger partial charge in [0.05, 0.1) is 16.8 Å². The van der Waals surface area contributed by atoms with Gasteiger partial charge in [0.2, 0.25) is 0 Å². The van der Waals surface area contributed by atoms with Crippen LogP contribution in [0.5, 0.6) is 0 Å². The lowest BCUT2D eigenvalue weighted by Gasteiger charge is -2.11. The largest absolute Gasteiger partial charge is 0.419 e. The van der Waals surface area contributed by atoms with Gasteiger partial charge in [-0.05, 0) is 24.3 Å². The van der Waals surface area contributed by atoms with Gasteiger partial charge in [0, 0.05) is 0 Å². The van der Waals surface area contributed by atoms with Crippen LogP contribution in [0, 0.1) is 11.6 Å². The van der Waals surface area contributed by atoms with Gasteiger partial charge in [-0.25, -0.2) is 8.78 Å². The van der Waals surface area contributed by atoms with Crippen molar-refractivity contribution in [1.82, 2.24) is 0 Å². The Morgan fingerprint density at radius 1 is 0.952 bits per heavy atom. The van der Waals surface area contributed by atoms with Crippen LogP contribution in [-0.4, -0.2) is 5.91 Å². The molecule has 110 valence electrons. The van der Waals surface area contributed by atoms with Crippen LogP contribution in [0.1, 0.15) is 15.9 Å². The lowest BCUT2D eigenvalue weighted by atomic mass is 10.1. The standard InChI is InChI=1S/C14H8F5NO/c15-10-6-1-2-7-11(10)20-13(21)8-4-3-5-9(12(8)16)14(17,18)19/h1-7H,(H,20,21). The van der Waals surface area contributed by atoms with Gasteiger partial charge in [-0.15, -0.1) is 0 Å². The third kappa shape index (κ3) is 3.18. The van der Waals surface area contributed by atoms with Crippen LogP contribution in [0.15, 0.2) is 42.5 Å². The molecule has 0 spiro atoms. The number of carbonyl (C=O) groups excluding carboxylic acids is 1. The Bertz CT molecular complexity index is 681. The van der Waals surface area contributed by atoms with E-state index in [1.807, 2.05) is 5.32 Å². The van der Waals surface area contributed by atoms with E-state index in [4.69, 9.17) is 0 Å². The summed E-state index contributed by atoms with van der Waals surface area (Å²) in [6, 6.07) is 7.37. The summed E-state index contributed by atoms with van der Waals surface area (Å²) in [6.07, 6.45) is -4.92. The second-order valence-corrected chi connectivity index (χ2v) is 4.10. The number of nitrogens with one attached hydrogen (secondary N) is 1. The van der Waals surface area contributed by atoms with E-state index in [-0.39, 0.29) is 5.69 Å². The minimum atomic E-state index is -4.92. The van der Waals surface area contributed by atoms with Gasteiger partial charge >= 0.3 is 6.18 Å². The highest BCUT2D eigenvalue weighted by molar-refractivity contribution is 6.04. The first-order valence-corrected chi connectivity index (χ1v) is 5.72. The molecule has 2 rings (SSSR count). The molecule has 0 atom stereocenters. The molecule has 7 heteroatoms. The third-order valence-electron chi connectivity index (χ3n) is 2.67. The Labute approximate surface area is 116 Å². The van der Waals surface area contributed by atoms with Crippen LogP contribution in [0.4, 0.5) is 27.6 Å². The summed E-state index contributed by atoms with van der Waals surface area (Å²) in [5, 5.41) is 2.02. The Balaban J connectivity index is 2.35. The molecule has 0 aliphatic carbocycles. The fourth-order valence-electron chi connectivity index (χ4n) is 1.68. The van der Waals surface area contributed by atoms with Crippen LogP contribution in [0.25, 0.3) is 0 Å². The van der Waals surface area contributed by atoms with E-state index in [2.05, 4.69) is 0 Å². The second-order valence-electron chi connectivity index (χ2n) is 4.10. The van der Waals surface area contributed by atoms with Gasteiger partial charge in [0.15, 0.2) is 0 Å². The molecule has 0 unspecified atom stereocenters. The summed E-state index contributed by atoms with van der Waals surface area (Å²) in [5.41, 5.74) is -2.61. The molecule has 1 amide bonds. The molecule has 0 aliphatic rings. The summed E-state index contributed by atoms with van der Waals surface area (Å²) in [6.45, 7) is 0. The molecule has 1 N–H and O–H groups in total. The van der Waals surface area contributed by atoms with Crippen molar-refractivity contribution in [2.24, 2.45) is 0 Å². The number of amides is 1. The van der Waals surface area contributed by atoms with Crippen LogP contribution < -0.4 is 5.32 Å². The summed E-state index contributed by atoms with van der Waals surface area (Å²) in [4.78, 5) is 11.8. The van der Waals surface area contributed by atoms with Gasteiger partial charge in [-0.3, -0.25) is 4.79 Å². The smallest absolute Gasteiger partial charge is 0.319 e. The van der Waals surface area contributed by atoms with Crippen molar-refractivity contribution in [3.8, 4) is 0 Å². The molecule has 2 nitrogen and oxygen atoms in total. The van der Waals surface area contributed by atoms with Crippen LogP contribution in [-0.2, 0) is 6.18 Å². The van der Waals surface area contributed by atoms with E-state index < -0.39 is 34.8 Å². The van der Waals surface area contributed by atoms with Crippen molar-refractivity contribution in [2.45, 2.75) is 6.18 Å². The maximum absolute atomic E-state index is 13.7. The zero-order valence-electron chi connectivity index (χ0n) is 10.3. The molecule has 0 bridgehead atoms. The third-order valence-corrected chi connectivity index (χ3v) is 2.67. The number of carbonyl (C=O) groups is 1. The Morgan fingerprint density at radius 3 is 2.24 bits per heavy atom. The van der Waals surface area contributed by atoms with Gasteiger partial charge in [0.25, 0.3) is 5.91 Å². The zero-order chi connectivity index (χ0) is 15.6. The first-order valence-electron chi connectivity index (χ1n) is 5.72. The predicted molar refractivity (Wildman–Crippen MR) is 65.8 cm³/mol. The van der Waals surface area contributed by atoms with Crippen LogP contribution in [0.3, 0.4) is 0 Å². The van der Waals surface area contributed by atoms with E-state index in [1.165, 1.54) is 18.2 Å². The normalized spacial score (nSPS) is 11.3. The number of alkyl halides is 3. The predicted octanol–water partition coefficient (Wildman–Crippen LogP) is 4.24. The fraction of sp³-hybridized carbons (Fsp3) is 0.0714. The van der Waals surface area contributed by atoms with Crippen molar-refractivity contribution in [3.63, 3.8) is 0 Å². The summed E-state index contributed by atoms with van der Waals surface area (Å²) in [5.74, 6) is -3.64. The van der Waals surface area contributed by atoms with Gasteiger partial charge in [-0.1, -0.05) is 18.2 Å². The topological polar surface area (TPSA) is 29.1 Å². The first-order chi connectivity index (χ1) is 9.80. The number of hydrogen-bond acceptors (Lipinski definition) is 1. The van der Waals surface area contributed by atoms with Crippen LogP contribution >= 0.6 is 0 Å². The molecular weight excluding hydrogens is 293 g/mol. The van der Waals surface area contributed by atoms with E-state index in [1.54, 1.807) is 0 Å². The number of hydrogen-bond donors (Lipinski definition) is 1. The monoisotopic (exact) mass is 301 g/mol. The quantitative estimate of drug-likeness (QED) is 0.826. The van der Waals surface area contributed by atoms with E-state index in [9.17, 15) is 26.7 Å². The summed E-state index contributed by atoms with van der Waals surface area (Å²) in [7, 11) is 0. The van der Waals surface area contributed by atoms with Crippen LogP contribution in [0.2, 0.25) is 0 Å². The average Bonchev–Trinajstić information content (AvgIpc) is 2.40. The number of benzene rings is 2. The number of halogens is 5. The molecule has 2 aromatic carbocycles. The Kier molecular flexibility index (Phi) is 3.93. The lowest BCUT2D eigenvalue weighted by molar-refractivity contribution is -0.140. The van der Waals surface area contributed by atoms with Crippen molar-refractivity contribution in [3.05, 3.63) is 65.2 Å². The highest BCUT2D eigenvalue weighted by Crippen LogP contribution is 2.32. The molecule has 2 aromatic rings. The number of anilines is 1. The molecule has 0 saturated heterocycles. The minimum absolute atomic E-state index is 0.251. The van der Waals surface area contributed by atoms with E-state index in [0.29, 0.717) is 6.07 Å². The molecule has 0 aromatic heterocycles. The van der Waals surface area contributed by atoms with Crippen molar-refractivity contribution < 1.29 is 26.7 Å². The molecule has 0 aliphatic heterocycles. The van der Waals surface area contributed by atoms with Gasteiger partial charge < -0.3 is 5.32 Å². The Hall–Kier alpha value is -2.44. The van der Waals surface area contributed by atoms with Crippen molar-refractivity contribution >= 4 is 11.6 Å². The molecule has 0 heterocycles. The van der Waals surface area contributed by atoms with Gasteiger partial charge in [-0.2, -0.15) is 13.2 Å². The molecule has 0 saturated carbocycles. The maximum atomic E-state index is 13.7. The second kappa shape index (κ2) is 5.51. The molecule has 0 fully saturated rings. The SMILES string of the molecule is O=C(Nc1ccccc1F)c1cccc(C(F)(F)F)c1F. The zero-order valence-corrected chi connectivity index (χ0v) is 10.3. The van der Waals surface area contributed by atoms with Crippen molar-refractivity contribution in [2.75, 3.05) is 5.32 Å². The molecule has 21 heavy (non-hydrogen) atoms. The number of para-hydroxylation sites is 1. The molecular formula is C14H8F5NO.